The lowest BCUT2D eigenvalue weighted by atomic mass is 10.1. The van der Waals surface area contributed by atoms with E-state index in [1.165, 1.54) is 0 Å². The molecule has 0 fully saturated rings. The van der Waals surface area contributed by atoms with E-state index in [1.54, 1.807) is 11.8 Å². The average Bonchev–Trinajstić information content (AvgIpc) is 2.31. The van der Waals surface area contributed by atoms with Crippen LogP contribution in [0.4, 0.5) is 14.5 Å². The Bertz CT molecular complexity index is 440. The van der Waals surface area contributed by atoms with Crippen LogP contribution in [0.5, 0.6) is 0 Å². The van der Waals surface area contributed by atoms with Crippen LogP contribution in [-0.4, -0.2) is 23.5 Å². The number of carbonyl (C=O) groups excluding carboxylic acids is 1. The number of thioether (sulfide) groups is 1. The van der Waals surface area contributed by atoms with Crippen LogP contribution < -0.4 is 11.1 Å². The number of carbonyl (C=O) groups is 1. The number of amides is 1. The van der Waals surface area contributed by atoms with Crippen LogP contribution in [0.3, 0.4) is 0 Å². The Kier molecular flexibility index (Phi) is 5.40. The van der Waals surface area contributed by atoms with Crippen LogP contribution in [-0.2, 0) is 0 Å². The topological polar surface area (TPSA) is 55.1 Å². The number of benzene rings is 1. The molecule has 0 saturated carbocycles. The second kappa shape index (κ2) is 6.58. The van der Waals surface area contributed by atoms with Gasteiger partial charge in [0.2, 0.25) is 0 Å². The molecular formula is C12H16F2N2OS. The monoisotopic (exact) mass is 274 g/mol. The number of anilines is 1. The van der Waals surface area contributed by atoms with Crippen molar-refractivity contribution >= 4 is 23.4 Å². The fraction of sp³-hybridized carbons (Fsp3) is 0.417. The predicted octanol–water partition coefficient (Wildman–Crippen LogP) is 2.42. The summed E-state index contributed by atoms with van der Waals surface area (Å²) in [5.74, 6) is -0.671. The number of nitrogens with one attached hydrogen (secondary N) is 1. The van der Waals surface area contributed by atoms with Crippen molar-refractivity contribution in [2.45, 2.75) is 19.9 Å². The summed E-state index contributed by atoms with van der Waals surface area (Å²) in [5.41, 5.74) is 4.84. The van der Waals surface area contributed by atoms with Gasteiger partial charge in [0.15, 0.2) is 0 Å². The molecule has 100 valence electrons. The quantitative estimate of drug-likeness (QED) is 0.811. The Morgan fingerprint density at radius 2 is 2.11 bits per heavy atom. The third kappa shape index (κ3) is 3.87. The molecule has 0 heterocycles. The maximum absolute atomic E-state index is 13.4. The molecule has 0 aliphatic heterocycles. The zero-order chi connectivity index (χ0) is 13.7. The molecule has 1 atom stereocenters. The van der Waals surface area contributed by atoms with Gasteiger partial charge in [-0.3, -0.25) is 4.79 Å². The molecule has 0 aliphatic rings. The zero-order valence-corrected chi connectivity index (χ0v) is 11.1. The van der Waals surface area contributed by atoms with E-state index < -0.39 is 17.5 Å². The maximum Gasteiger partial charge on any atom is 0.254 e. The van der Waals surface area contributed by atoms with Crippen molar-refractivity contribution in [1.82, 2.24) is 5.32 Å². The van der Waals surface area contributed by atoms with E-state index in [1.807, 2.05) is 13.8 Å². The van der Waals surface area contributed by atoms with Crippen molar-refractivity contribution < 1.29 is 13.6 Å². The highest BCUT2D eigenvalue weighted by Crippen LogP contribution is 2.16. The summed E-state index contributed by atoms with van der Waals surface area (Å²) in [6.45, 7) is 3.84. The number of nitrogens with two attached hydrogens (primary N) is 1. The Morgan fingerprint density at radius 3 is 2.72 bits per heavy atom. The van der Waals surface area contributed by atoms with Gasteiger partial charge in [-0.15, -0.1) is 0 Å². The minimum Gasteiger partial charge on any atom is -0.396 e. The van der Waals surface area contributed by atoms with Crippen molar-refractivity contribution in [3.05, 3.63) is 29.3 Å². The third-order valence-corrected chi connectivity index (χ3v) is 3.42. The Morgan fingerprint density at radius 1 is 1.44 bits per heavy atom. The molecule has 0 bridgehead atoms. The second-order valence-electron chi connectivity index (χ2n) is 3.89. The van der Waals surface area contributed by atoms with Crippen molar-refractivity contribution in [2.24, 2.45) is 0 Å². The normalized spacial score (nSPS) is 12.2. The maximum atomic E-state index is 13.4. The molecule has 1 aromatic rings. The fourth-order valence-electron chi connectivity index (χ4n) is 1.38. The van der Waals surface area contributed by atoms with Crippen LogP contribution in [0, 0.1) is 11.6 Å². The van der Waals surface area contributed by atoms with Gasteiger partial charge in [-0.25, -0.2) is 8.78 Å². The molecule has 0 spiro atoms. The fourth-order valence-corrected chi connectivity index (χ4v) is 2.05. The van der Waals surface area contributed by atoms with E-state index >= 15 is 0 Å². The number of hydrogen-bond acceptors (Lipinski definition) is 3. The van der Waals surface area contributed by atoms with Crippen molar-refractivity contribution in [1.29, 1.82) is 0 Å². The zero-order valence-electron chi connectivity index (χ0n) is 10.3. The second-order valence-corrected chi connectivity index (χ2v) is 5.21. The summed E-state index contributed by atoms with van der Waals surface area (Å²) in [7, 11) is 0. The average molecular weight is 274 g/mol. The molecule has 1 aromatic carbocycles. The van der Waals surface area contributed by atoms with Gasteiger partial charge in [0.1, 0.15) is 11.6 Å². The largest absolute Gasteiger partial charge is 0.396 e. The molecule has 18 heavy (non-hydrogen) atoms. The summed E-state index contributed by atoms with van der Waals surface area (Å²) in [4.78, 5) is 11.8. The van der Waals surface area contributed by atoms with Gasteiger partial charge >= 0.3 is 0 Å². The minimum absolute atomic E-state index is 0.0897. The lowest BCUT2D eigenvalue weighted by Gasteiger charge is -2.13. The van der Waals surface area contributed by atoms with E-state index in [0.717, 1.165) is 17.6 Å². The van der Waals surface area contributed by atoms with Crippen LogP contribution in [0.1, 0.15) is 24.2 Å². The predicted molar refractivity (Wildman–Crippen MR) is 70.7 cm³/mol. The lowest BCUT2D eigenvalue weighted by molar-refractivity contribution is 0.0939. The number of hydrogen-bond donors (Lipinski definition) is 2. The van der Waals surface area contributed by atoms with Crippen LogP contribution in [0.15, 0.2) is 12.1 Å². The first-order valence-corrected chi connectivity index (χ1v) is 6.74. The van der Waals surface area contributed by atoms with Gasteiger partial charge in [0.05, 0.1) is 11.3 Å². The van der Waals surface area contributed by atoms with Gasteiger partial charge in [-0.05, 0) is 18.7 Å². The lowest BCUT2D eigenvalue weighted by Crippen LogP contribution is -2.34. The summed E-state index contributed by atoms with van der Waals surface area (Å²) in [6, 6.07) is 1.54. The van der Waals surface area contributed by atoms with E-state index in [2.05, 4.69) is 5.32 Å². The van der Waals surface area contributed by atoms with E-state index in [9.17, 15) is 13.6 Å². The molecule has 0 aromatic heterocycles. The van der Waals surface area contributed by atoms with E-state index in [4.69, 9.17) is 5.73 Å². The van der Waals surface area contributed by atoms with Crippen molar-refractivity contribution in [2.75, 3.05) is 17.2 Å². The Labute approximate surface area is 109 Å². The molecule has 3 N–H and O–H groups in total. The van der Waals surface area contributed by atoms with Crippen molar-refractivity contribution in [3.63, 3.8) is 0 Å². The number of rotatable bonds is 5. The summed E-state index contributed by atoms with van der Waals surface area (Å²) >= 11 is 1.67. The molecule has 1 unspecified atom stereocenters. The first-order chi connectivity index (χ1) is 8.45. The van der Waals surface area contributed by atoms with Gasteiger partial charge in [-0.1, -0.05) is 6.92 Å². The molecule has 3 nitrogen and oxygen atoms in total. The van der Waals surface area contributed by atoms with Crippen LogP contribution in [0.2, 0.25) is 0 Å². The van der Waals surface area contributed by atoms with Gasteiger partial charge in [0.25, 0.3) is 5.91 Å². The molecule has 6 heteroatoms. The van der Waals surface area contributed by atoms with Gasteiger partial charge in [0, 0.05) is 17.9 Å². The summed E-state index contributed by atoms with van der Waals surface area (Å²) in [5, 5.41) is 2.64. The summed E-state index contributed by atoms with van der Waals surface area (Å²) < 4.78 is 26.4. The minimum atomic E-state index is -0.908. The first kappa shape index (κ1) is 14.8. The Hall–Kier alpha value is -1.30. The number of halogens is 2. The van der Waals surface area contributed by atoms with Crippen LogP contribution in [0.25, 0.3) is 0 Å². The smallest absolute Gasteiger partial charge is 0.254 e. The molecule has 1 amide bonds. The molecular weight excluding hydrogens is 258 g/mol. The molecule has 0 radical (unpaired) electrons. The van der Waals surface area contributed by atoms with Crippen LogP contribution >= 0.6 is 11.8 Å². The highest BCUT2D eigenvalue weighted by Gasteiger charge is 2.16. The van der Waals surface area contributed by atoms with E-state index in [0.29, 0.717) is 6.07 Å². The van der Waals surface area contributed by atoms with Crippen molar-refractivity contribution in [3.8, 4) is 0 Å². The highest BCUT2D eigenvalue weighted by molar-refractivity contribution is 7.99. The summed E-state index contributed by atoms with van der Waals surface area (Å²) in [6.07, 6.45) is 0. The van der Waals surface area contributed by atoms with Gasteiger partial charge in [-0.2, -0.15) is 11.8 Å². The standard InChI is InChI=1S/C12H16F2N2OS/c1-3-18-6-7(2)16-12(17)8-4-11(15)10(14)5-9(8)13/h4-5,7H,3,6,15H2,1-2H3,(H,16,17). The Balaban J connectivity index is 2.75. The SMILES string of the molecule is CCSCC(C)NC(=O)c1cc(N)c(F)cc1F. The number of nitrogen functional groups attached to an aromatic ring is 1. The highest BCUT2D eigenvalue weighted by atomic mass is 32.2. The van der Waals surface area contributed by atoms with Gasteiger partial charge < -0.3 is 11.1 Å². The molecule has 0 saturated heterocycles. The first-order valence-electron chi connectivity index (χ1n) is 5.58. The molecule has 0 aliphatic carbocycles. The molecule has 1 rings (SSSR count). The van der Waals surface area contributed by atoms with E-state index in [-0.39, 0.29) is 17.3 Å². The third-order valence-electron chi connectivity index (χ3n) is 2.28.